The summed E-state index contributed by atoms with van der Waals surface area (Å²) < 4.78 is 5.71. The van der Waals surface area contributed by atoms with E-state index in [0.717, 1.165) is 11.1 Å². The van der Waals surface area contributed by atoms with Gasteiger partial charge in [0, 0.05) is 23.7 Å². The molecule has 6 heteroatoms. The third-order valence-electron chi connectivity index (χ3n) is 4.07. The van der Waals surface area contributed by atoms with Gasteiger partial charge in [0.1, 0.15) is 5.75 Å². The van der Waals surface area contributed by atoms with Crippen molar-refractivity contribution in [3.63, 3.8) is 0 Å². The van der Waals surface area contributed by atoms with Crippen molar-refractivity contribution in [1.82, 2.24) is 10.6 Å². The first-order chi connectivity index (χ1) is 12.8. The number of aliphatic hydroxyl groups is 1. The Labute approximate surface area is 173 Å². The smallest absolute Gasteiger partial charge is 0.258 e. The molecule has 0 aliphatic rings. The highest BCUT2D eigenvalue weighted by molar-refractivity contribution is 5.85. The standard InChI is InChI=1S/C22H30N2O3.ClH/c1-16(21(26)17-10-6-5-7-11-17)23-14-18-12-8-9-13-19(18)27-15-20(25)24-22(2,3)4;/h5-13,16,21,23,26H,14-15H2,1-4H3,(H,24,25);1H. The number of aliphatic hydroxyl groups excluding tert-OH is 1. The summed E-state index contributed by atoms with van der Waals surface area (Å²) in [5, 5.41) is 16.7. The molecular formula is C22H31ClN2O3. The molecule has 0 heterocycles. The molecule has 0 aliphatic heterocycles. The van der Waals surface area contributed by atoms with Crippen molar-refractivity contribution in [3.8, 4) is 5.75 Å². The van der Waals surface area contributed by atoms with Crippen molar-refractivity contribution in [3.05, 3.63) is 65.7 Å². The molecule has 154 valence electrons. The first kappa shape index (κ1) is 24.0. The summed E-state index contributed by atoms with van der Waals surface area (Å²) in [6.45, 7) is 8.24. The average Bonchev–Trinajstić information content (AvgIpc) is 2.63. The summed E-state index contributed by atoms with van der Waals surface area (Å²) in [5.74, 6) is 0.508. The van der Waals surface area contributed by atoms with Crippen LogP contribution in [0.4, 0.5) is 0 Å². The highest BCUT2D eigenvalue weighted by Gasteiger charge is 2.17. The fourth-order valence-electron chi connectivity index (χ4n) is 2.71. The van der Waals surface area contributed by atoms with Gasteiger partial charge in [-0.2, -0.15) is 0 Å². The normalized spacial score (nSPS) is 13.2. The monoisotopic (exact) mass is 406 g/mol. The van der Waals surface area contributed by atoms with Gasteiger partial charge in [-0.05, 0) is 39.3 Å². The van der Waals surface area contributed by atoms with Crippen molar-refractivity contribution < 1.29 is 14.6 Å². The molecule has 0 saturated carbocycles. The van der Waals surface area contributed by atoms with Gasteiger partial charge in [0.05, 0.1) is 6.10 Å². The van der Waals surface area contributed by atoms with Crippen LogP contribution >= 0.6 is 12.4 Å². The average molecular weight is 407 g/mol. The van der Waals surface area contributed by atoms with Gasteiger partial charge in [-0.15, -0.1) is 12.4 Å². The summed E-state index contributed by atoms with van der Waals surface area (Å²) in [5.41, 5.74) is 1.53. The van der Waals surface area contributed by atoms with Crippen LogP contribution in [0.25, 0.3) is 0 Å². The van der Waals surface area contributed by atoms with E-state index in [1.807, 2.05) is 82.3 Å². The molecule has 0 saturated heterocycles. The topological polar surface area (TPSA) is 70.6 Å². The minimum atomic E-state index is -0.600. The van der Waals surface area contributed by atoms with Crippen molar-refractivity contribution in [2.24, 2.45) is 0 Å². The van der Waals surface area contributed by atoms with E-state index in [2.05, 4.69) is 10.6 Å². The first-order valence-corrected chi connectivity index (χ1v) is 9.24. The molecule has 0 fully saturated rings. The van der Waals surface area contributed by atoms with Crippen LogP contribution in [0.5, 0.6) is 5.75 Å². The number of carbonyl (C=O) groups is 1. The summed E-state index contributed by atoms with van der Waals surface area (Å²) in [7, 11) is 0. The second kappa shape index (κ2) is 11.1. The number of halogens is 1. The van der Waals surface area contributed by atoms with Crippen LogP contribution in [-0.4, -0.2) is 29.2 Å². The van der Waals surface area contributed by atoms with E-state index < -0.39 is 6.10 Å². The lowest BCUT2D eigenvalue weighted by atomic mass is 10.0. The number of benzene rings is 2. The molecule has 2 unspecified atom stereocenters. The van der Waals surface area contributed by atoms with E-state index >= 15 is 0 Å². The molecular weight excluding hydrogens is 376 g/mol. The summed E-state index contributed by atoms with van der Waals surface area (Å²) in [4.78, 5) is 12.0. The summed E-state index contributed by atoms with van der Waals surface area (Å²) in [6.07, 6.45) is -0.600. The Balaban J connectivity index is 0.00000392. The van der Waals surface area contributed by atoms with Crippen LogP contribution in [0.1, 0.15) is 44.9 Å². The second-order valence-corrected chi connectivity index (χ2v) is 7.72. The van der Waals surface area contributed by atoms with E-state index in [-0.39, 0.29) is 36.5 Å². The van der Waals surface area contributed by atoms with Crippen molar-refractivity contribution in [1.29, 1.82) is 0 Å². The minimum Gasteiger partial charge on any atom is -0.483 e. The van der Waals surface area contributed by atoms with Crippen molar-refractivity contribution in [2.75, 3.05) is 6.61 Å². The fraction of sp³-hybridized carbons (Fsp3) is 0.409. The Bertz CT molecular complexity index is 732. The van der Waals surface area contributed by atoms with Gasteiger partial charge < -0.3 is 20.5 Å². The molecule has 0 spiro atoms. The molecule has 0 aliphatic carbocycles. The zero-order valence-corrected chi connectivity index (χ0v) is 17.8. The molecule has 0 radical (unpaired) electrons. The highest BCUT2D eigenvalue weighted by atomic mass is 35.5. The molecule has 2 rings (SSSR count). The van der Waals surface area contributed by atoms with Gasteiger partial charge in [0.15, 0.2) is 6.61 Å². The van der Waals surface area contributed by atoms with E-state index in [0.29, 0.717) is 12.3 Å². The quantitative estimate of drug-likeness (QED) is 0.626. The molecule has 0 aromatic heterocycles. The maximum Gasteiger partial charge on any atom is 0.258 e. The molecule has 3 N–H and O–H groups in total. The second-order valence-electron chi connectivity index (χ2n) is 7.72. The maximum atomic E-state index is 12.0. The molecule has 28 heavy (non-hydrogen) atoms. The number of carbonyl (C=O) groups excluding carboxylic acids is 1. The molecule has 0 bridgehead atoms. The Hall–Kier alpha value is -2.08. The number of hydrogen-bond donors (Lipinski definition) is 3. The highest BCUT2D eigenvalue weighted by Crippen LogP contribution is 2.20. The number of para-hydroxylation sites is 1. The fourth-order valence-corrected chi connectivity index (χ4v) is 2.71. The molecule has 1 amide bonds. The lowest BCUT2D eigenvalue weighted by Crippen LogP contribution is -2.43. The maximum absolute atomic E-state index is 12.0. The van der Waals surface area contributed by atoms with Crippen molar-refractivity contribution >= 4 is 18.3 Å². The molecule has 2 atom stereocenters. The molecule has 2 aromatic rings. The Morgan fingerprint density at radius 2 is 1.68 bits per heavy atom. The van der Waals surface area contributed by atoms with Gasteiger partial charge in [-0.1, -0.05) is 48.5 Å². The Morgan fingerprint density at radius 1 is 1.07 bits per heavy atom. The first-order valence-electron chi connectivity index (χ1n) is 9.24. The SMILES string of the molecule is CC(NCc1ccccc1OCC(=O)NC(C)(C)C)C(O)c1ccccc1.Cl. The van der Waals surface area contributed by atoms with Crippen molar-refractivity contribution in [2.45, 2.75) is 51.9 Å². The van der Waals surface area contributed by atoms with Gasteiger partial charge in [0.25, 0.3) is 5.91 Å². The number of amides is 1. The van der Waals surface area contributed by atoms with E-state index in [4.69, 9.17) is 4.74 Å². The summed E-state index contributed by atoms with van der Waals surface area (Å²) >= 11 is 0. The largest absolute Gasteiger partial charge is 0.483 e. The molecule has 2 aromatic carbocycles. The third-order valence-corrected chi connectivity index (χ3v) is 4.07. The van der Waals surface area contributed by atoms with Gasteiger partial charge >= 0.3 is 0 Å². The zero-order chi connectivity index (χ0) is 19.9. The lowest BCUT2D eigenvalue weighted by molar-refractivity contribution is -0.124. The number of ether oxygens (including phenoxy) is 1. The molecule has 5 nitrogen and oxygen atoms in total. The summed E-state index contributed by atoms with van der Waals surface area (Å²) in [6, 6.07) is 17.0. The van der Waals surface area contributed by atoms with Gasteiger partial charge in [-0.25, -0.2) is 0 Å². The Kier molecular flexibility index (Phi) is 9.46. The zero-order valence-electron chi connectivity index (χ0n) is 16.9. The van der Waals surface area contributed by atoms with E-state index in [9.17, 15) is 9.90 Å². The van der Waals surface area contributed by atoms with Crippen LogP contribution in [0.15, 0.2) is 54.6 Å². The van der Waals surface area contributed by atoms with Gasteiger partial charge in [-0.3, -0.25) is 4.79 Å². The number of hydrogen-bond acceptors (Lipinski definition) is 4. The number of rotatable bonds is 8. The van der Waals surface area contributed by atoms with Crippen LogP contribution in [0.2, 0.25) is 0 Å². The minimum absolute atomic E-state index is 0. The third kappa shape index (κ3) is 7.89. The van der Waals surface area contributed by atoms with Crippen LogP contribution in [0.3, 0.4) is 0 Å². The van der Waals surface area contributed by atoms with Crippen LogP contribution in [-0.2, 0) is 11.3 Å². The van der Waals surface area contributed by atoms with Gasteiger partial charge in [0.2, 0.25) is 0 Å². The van der Waals surface area contributed by atoms with Crippen LogP contribution in [0, 0.1) is 0 Å². The van der Waals surface area contributed by atoms with Crippen LogP contribution < -0.4 is 15.4 Å². The predicted molar refractivity (Wildman–Crippen MR) is 115 cm³/mol. The predicted octanol–water partition coefficient (Wildman–Crippen LogP) is 3.61. The Morgan fingerprint density at radius 3 is 2.32 bits per heavy atom. The van der Waals surface area contributed by atoms with E-state index in [1.54, 1.807) is 0 Å². The lowest BCUT2D eigenvalue weighted by Gasteiger charge is -2.22. The van der Waals surface area contributed by atoms with E-state index in [1.165, 1.54) is 0 Å². The number of nitrogens with one attached hydrogen (secondary N) is 2.